The Kier molecular flexibility index (Phi) is 3.26. The third kappa shape index (κ3) is 2.08. The zero-order chi connectivity index (χ0) is 15.5. The van der Waals surface area contributed by atoms with E-state index in [0.717, 1.165) is 19.3 Å². The fraction of sp³-hybridized carbons (Fsp3) is 0.882. The molecule has 5 heteroatoms. The number of likely N-dealkylation sites (tertiary alicyclic amines) is 1. The molecule has 4 bridgehead atoms. The summed E-state index contributed by atoms with van der Waals surface area (Å²) in [6.45, 7) is 0.278. The van der Waals surface area contributed by atoms with Crippen molar-refractivity contribution in [3.8, 4) is 0 Å². The van der Waals surface area contributed by atoms with Gasteiger partial charge in [-0.05, 0) is 56.3 Å². The maximum atomic E-state index is 13.3. The molecule has 1 amide bonds. The maximum Gasteiger partial charge on any atom is 0.328 e. The minimum Gasteiger partial charge on any atom is -0.467 e. The number of nitrogens with zero attached hydrogens (tertiary/aromatic N) is 1. The number of hydrogen-bond acceptors (Lipinski definition) is 4. The number of esters is 1. The van der Waals surface area contributed by atoms with Crippen LogP contribution in [-0.4, -0.2) is 47.7 Å². The molecule has 5 aliphatic rings. The summed E-state index contributed by atoms with van der Waals surface area (Å²) in [5.74, 6) is 1.80. The molecule has 5 nitrogen and oxygen atoms in total. The number of β-amino-alcohol motifs (C(OH)–C–C–N with tert-alkyl or cyclic N) is 1. The van der Waals surface area contributed by atoms with Gasteiger partial charge in [0.2, 0.25) is 5.91 Å². The van der Waals surface area contributed by atoms with Crippen LogP contribution in [0.4, 0.5) is 0 Å². The smallest absolute Gasteiger partial charge is 0.328 e. The molecule has 2 unspecified atom stereocenters. The molecule has 2 atom stereocenters. The fourth-order valence-electron chi connectivity index (χ4n) is 6.07. The van der Waals surface area contributed by atoms with E-state index in [-0.39, 0.29) is 17.9 Å². The number of amides is 1. The molecule has 4 saturated carbocycles. The minimum absolute atomic E-state index is 0.110. The van der Waals surface area contributed by atoms with Crippen molar-refractivity contribution in [2.75, 3.05) is 13.7 Å². The van der Waals surface area contributed by atoms with Gasteiger partial charge in [-0.3, -0.25) is 4.79 Å². The van der Waals surface area contributed by atoms with Crippen molar-refractivity contribution in [1.82, 2.24) is 4.90 Å². The number of aliphatic hydroxyl groups excluding tert-OH is 1. The molecule has 5 rings (SSSR count). The van der Waals surface area contributed by atoms with Gasteiger partial charge in [0.1, 0.15) is 6.04 Å². The lowest BCUT2D eigenvalue weighted by Crippen LogP contribution is -2.56. The lowest BCUT2D eigenvalue weighted by atomic mass is 9.49. The van der Waals surface area contributed by atoms with Crippen LogP contribution < -0.4 is 0 Å². The van der Waals surface area contributed by atoms with Crippen LogP contribution in [-0.2, 0) is 14.3 Å². The predicted molar refractivity (Wildman–Crippen MR) is 78.7 cm³/mol. The molecule has 1 saturated heterocycles. The van der Waals surface area contributed by atoms with Gasteiger partial charge in [-0.15, -0.1) is 0 Å². The van der Waals surface area contributed by atoms with Crippen LogP contribution in [0, 0.1) is 23.2 Å². The van der Waals surface area contributed by atoms with E-state index in [9.17, 15) is 14.7 Å². The Balaban J connectivity index is 1.59. The molecule has 4 aliphatic carbocycles. The van der Waals surface area contributed by atoms with Crippen LogP contribution in [0.3, 0.4) is 0 Å². The molecule has 0 aromatic rings. The summed E-state index contributed by atoms with van der Waals surface area (Å²) in [5, 5.41) is 9.94. The number of hydrogen-bond donors (Lipinski definition) is 1. The molecule has 5 fully saturated rings. The van der Waals surface area contributed by atoms with Gasteiger partial charge in [-0.25, -0.2) is 4.79 Å². The molecule has 1 N–H and O–H groups in total. The molecule has 122 valence electrons. The first-order chi connectivity index (χ1) is 10.5. The van der Waals surface area contributed by atoms with Crippen LogP contribution in [0.25, 0.3) is 0 Å². The Bertz CT molecular complexity index is 468. The van der Waals surface area contributed by atoms with Crippen LogP contribution in [0.2, 0.25) is 0 Å². The van der Waals surface area contributed by atoms with Gasteiger partial charge in [-0.1, -0.05) is 0 Å². The van der Waals surface area contributed by atoms with Gasteiger partial charge in [0.05, 0.1) is 18.6 Å². The summed E-state index contributed by atoms with van der Waals surface area (Å²) in [7, 11) is 1.35. The van der Waals surface area contributed by atoms with Crippen molar-refractivity contribution in [3.05, 3.63) is 0 Å². The van der Waals surface area contributed by atoms with Crippen molar-refractivity contribution in [2.24, 2.45) is 23.2 Å². The Morgan fingerprint density at radius 3 is 2.09 bits per heavy atom. The second-order valence-electron chi connectivity index (χ2n) is 8.08. The summed E-state index contributed by atoms with van der Waals surface area (Å²) < 4.78 is 4.84. The normalized spacial score (nSPS) is 46.1. The first-order valence-electron chi connectivity index (χ1n) is 8.58. The maximum absolute atomic E-state index is 13.3. The molecule has 0 aromatic carbocycles. The molecule has 0 spiro atoms. The standard InChI is InChI=1S/C17H25NO4/c1-22-15(20)14-5-13(19)9-18(14)16(21)17-6-10-2-11(7-17)4-12(3-10)8-17/h10-14,19H,2-9H2,1H3. The van der Waals surface area contributed by atoms with Crippen molar-refractivity contribution < 1.29 is 19.4 Å². The number of carbonyl (C=O) groups excluding carboxylic acids is 2. The highest BCUT2D eigenvalue weighted by molar-refractivity contribution is 5.89. The lowest BCUT2D eigenvalue weighted by molar-refractivity contribution is -0.164. The first kappa shape index (κ1) is 14.5. The van der Waals surface area contributed by atoms with E-state index in [1.165, 1.54) is 26.4 Å². The van der Waals surface area contributed by atoms with E-state index in [2.05, 4.69) is 0 Å². The minimum atomic E-state index is -0.609. The Morgan fingerprint density at radius 1 is 1.05 bits per heavy atom. The number of ether oxygens (including phenoxy) is 1. The van der Waals surface area contributed by atoms with Gasteiger partial charge in [0, 0.05) is 13.0 Å². The number of carbonyl (C=O) groups is 2. The molecule has 0 aromatic heterocycles. The lowest BCUT2D eigenvalue weighted by Gasteiger charge is -2.56. The summed E-state index contributed by atoms with van der Waals surface area (Å²) in [6.07, 6.45) is 6.52. The Morgan fingerprint density at radius 2 is 1.59 bits per heavy atom. The van der Waals surface area contributed by atoms with E-state index in [0.29, 0.717) is 24.2 Å². The topological polar surface area (TPSA) is 66.8 Å². The van der Waals surface area contributed by atoms with Crippen molar-refractivity contribution in [2.45, 2.75) is 57.1 Å². The summed E-state index contributed by atoms with van der Waals surface area (Å²) in [4.78, 5) is 26.9. The molecule has 0 radical (unpaired) electrons. The average Bonchev–Trinajstić information content (AvgIpc) is 2.86. The highest BCUT2D eigenvalue weighted by Gasteiger charge is 2.57. The van der Waals surface area contributed by atoms with Gasteiger partial charge in [0.25, 0.3) is 0 Å². The van der Waals surface area contributed by atoms with E-state index < -0.39 is 18.1 Å². The van der Waals surface area contributed by atoms with Crippen molar-refractivity contribution in [1.29, 1.82) is 0 Å². The average molecular weight is 307 g/mol. The summed E-state index contributed by atoms with van der Waals surface area (Å²) >= 11 is 0. The molecule has 1 aliphatic heterocycles. The zero-order valence-corrected chi connectivity index (χ0v) is 13.2. The van der Waals surface area contributed by atoms with E-state index in [1.54, 1.807) is 4.90 Å². The predicted octanol–water partition coefficient (Wildman–Crippen LogP) is 1.34. The largest absolute Gasteiger partial charge is 0.467 e. The highest BCUT2D eigenvalue weighted by Crippen LogP contribution is 2.60. The molecular formula is C17H25NO4. The van der Waals surface area contributed by atoms with Gasteiger partial charge in [0.15, 0.2) is 0 Å². The van der Waals surface area contributed by atoms with Gasteiger partial charge in [-0.2, -0.15) is 0 Å². The second kappa shape index (κ2) is 4.95. The third-order valence-electron chi connectivity index (χ3n) is 6.51. The number of methoxy groups -OCH3 is 1. The SMILES string of the molecule is COC(=O)C1CC(O)CN1C(=O)C12CC3CC(CC(C3)C1)C2. The van der Waals surface area contributed by atoms with Crippen molar-refractivity contribution in [3.63, 3.8) is 0 Å². The van der Waals surface area contributed by atoms with E-state index >= 15 is 0 Å². The molecule has 22 heavy (non-hydrogen) atoms. The monoisotopic (exact) mass is 307 g/mol. The Hall–Kier alpha value is -1.10. The fourth-order valence-corrected chi connectivity index (χ4v) is 6.07. The number of aliphatic hydroxyl groups is 1. The molecular weight excluding hydrogens is 282 g/mol. The summed E-state index contributed by atoms with van der Waals surface area (Å²) in [5.41, 5.74) is -0.259. The third-order valence-corrected chi connectivity index (χ3v) is 6.51. The van der Waals surface area contributed by atoms with Crippen molar-refractivity contribution >= 4 is 11.9 Å². The second-order valence-corrected chi connectivity index (χ2v) is 8.08. The van der Waals surface area contributed by atoms with E-state index in [1.807, 2.05) is 0 Å². The van der Waals surface area contributed by atoms with Crippen LogP contribution in [0.15, 0.2) is 0 Å². The number of rotatable bonds is 2. The van der Waals surface area contributed by atoms with E-state index in [4.69, 9.17) is 4.74 Å². The first-order valence-corrected chi connectivity index (χ1v) is 8.58. The highest BCUT2D eigenvalue weighted by atomic mass is 16.5. The summed E-state index contributed by atoms with van der Waals surface area (Å²) in [6, 6.07) is -0.597. The van der Waals surface area contributed by atoms with Crippen LogP contribution >= 0.6 is 0 Å². The van der Waals surface area contributed by atoms with Gasteiger partial charge >= 0.3 is 5.97 Å². The quantitative estimate of drug-likeness (QED) is 0.782. The zero-order valence-electron chi connectivity index (χ0n) is 13.2. The van der Waals surface area contributed by atoms with Crippen LogP contribution in [0.1, 0.15) is 44.9 Å². The van der Waals surface area contributed by atoms with Crippen LogP contribution in [0.5, 0.6) is 0 Å². The van der Waals surface area contributed by atoms with Gasteiger partial charge < -0.3 is 14.7 Å². The Labute approximate surface area is 131 Å². The molecule has 1 heterocycles.